The van der Waals surface area contributed by atoms with Crippen LogP contribution in [0.2, 0.25) is 0 Å². The summed E-state index contributed by atoms with van der Waals surface area (Å²) in [6.07, 6.45) is 5.20. The summed E-state index contributed by atoms with van der Waals surface area (Å²) < 4.78 is 0. The van der Waals surface area contributed by atoms with Gasteiger partial charge in [-0.3, -0.25) is 4.79 Å². The summed E-state index contributed by atoms with van der Waals surface area (Å²) in [6, 6.07) is 0.469. The molecular weight excluding hydrogens is 200 g/mol. The highest BCUT2D eigenvalue weighted by Crippen LogP contribution is 2.48. The molecule has 0 aromatic heterocycles. The van der Waals surface area contributed by atoms with E-state index in [4.69, 9.17) is 0 Å². The number of hydrogen-bond acceptors (Lipinski definition) is 2. The van der Waals surface area contributed by atoms with Crippen molar-refractivity contribution in [3.8, 4) is 0 Å². The minimum atomic E-state index is 0.379. The highest BCUT2D eigenvalue weighted by Gasteiger charge is 2.44. The average Bonchev–Trinajstić information content (AvgIpc) is 2.89. The van der Waals surface area contributed by atoms with E-state index in [1.807, 2.05) is 0 Å². The third-order valence-corrected chi connectivity index (χ3v) is 4.74. The Morgan fingerprint density at radius 3 is 2.81 bits per heavy atom. The predicted molar refractivity (Wildman–Crippen MR) is 63.0 cm³/mol. The lowest BCUT2D eigenvalue weighted by atomic mass is 9.87. The molecule has 3 heteroatoms. The van der Waals surface area contributed by atoms with Crippen LogP contribution in [0.25, 0.3) is 0 Å². The molecule has 3 rings (SSSR count). The summed E-state index contributed by atoms with van der Waals surface area (Å²) in [6.45, 7) is 4.96. The molecule has 1 amide bonds. The second kappa shape index (κ2) is 4.02. The Bertz CT molecular complexity index is 292. The van der Waals surface area contributed by atoms with Crippen LogP contribution in [0.5, 0.6) is 0 Å². The van der Waals surface area contributed by atoms with Gasteiger partial charge in [0.25, 0.3) is 0 Å². The van der Waals surface area contributed by atoms with Crippen LogP contribution in [0.1, 0.15) is 32.6 Å². The highest BCUT2D eigenvalue weighted by atomic mass is 16.2. The van der Waals surface area contributed by atoms with E-state index < -0.39 is 0 Å². The maximum atomic E-state index is 12.4. The summed E-state index contributed by atoms with van der Waals surface area (Å²) in [5.74, 6) is 2.44. The standard InChI is InChI=1S/C13H22N2O/c1-9-8-15(5-4-14-9)13(16)12-7-10-2-3-11(12)6-10/h9-12,14H,2-8H2,1H3/t9-,10?,11?,12?/m0/s1. The summed E-state index contributed by atoms with van der Waals surface area (Å²) in [7, 11) is 0. The number of nitrogens with one attached hydrogen (secondary N) is 1. The predicted octanol–water partition coefficient (Wildman–Crippen LogP) is 1.24. The van der Waals surface area contributed by atoms with E-state index in [1.54, 1.807) is 0 Å². The fraction of sp³-hybridized carbons (Fsp3) is 0.923. The zero-order valence-electron chi connectivity index (χ0n) is 10.1. The van der Waals surface area contributed by atoms with Crippen molar-refractivity contribution in [1.82, 2.24) is 10.2 Å². The number of piperazine rings is 1. The van der Waals surface area contributed by atoms with Crippen molar-refractivity contribution in [2.24, 2.45) is 17.8 Å². The molecule has 3 fully saturated rings. The molecule has 1 heterocycles. The van der Waals surface area contributed by atoms with Crippen LogP contribution in [-0.2, 0) is 4.79 Å². The van der Waals surface area contributed by atoms with Gasteiger partial charge in [-0.15, -0.1) is 0 Å². The van der Waals surface area contributed by atoms with Gasteiger partial charge in [0.1, 0.15) is 0 Å². The van der Waals surface area contributed by atoms with Crippen LogP contribution in [0.4, 0.5) is 0 Å². The molecular formula is C13H22N2O. The highest BCUT2D eigenvalue weighted by molar-refractivity contribution is 5.79. The molecule has 16 heavy (non-hydrogen) atoms. The minimum Gasteiger partial charge on any atom is -0.340 e. The molecule has 0 spiro atoms. The summed E-state index contributed by atoms with van der Waals surface area (Å²) in [5.41, 5.74) is 0. The smallest absolute Gasteiger partial charge is 0.226 e. The van der Waals surface area contributed by atoms with Gasteiger partial charge in [0.2, 0.25) is 5.91 Å². The zero-order valence-corrected chi connectivity index (χ0v) is 10.1. The monoisotopic (exact) mass is 222 g/mol. The number of carbonyl (C=O) groups excluding carboxylic acids is 1. The number of carbonyl (C=O) groups is 1. The molecule has 2 aliphatic carbocycles. The van der Waals surface area contributed by atoms with E-state index in [0.29, 0.717) is 17.9 Å². The first-order valence-corrected chi connectivity index (χ1v) is 6.76. The Labute approximate surface area is 97.6 Å². The number of rotatable bonds is 1. The van der Waals surface area contributed by atoms with Crippen molar-refractivity contribution in [2.45, 2.75) is 38.6 Å². The van der Waals surface area contributed by atoms with Crippen molar-refractivity contribution in [1.29, 1.82) is 0 Å². The zero-order chi connectivity index (χ0) is 11.1. The van der Waals surface area contributed by atoms with Crippen molar-refractivity contribution in [2.75, 3.05) is 19.6 Å². The number of amides is 1. The van der Waals surface area contributed by atoms with Gasteiger partial charge >= 0.3 is 0 Å². The first-order chi connectivity index (χ1) is 7.74. The Balaban J connectivity index is 1.64. The fourth-order valence-electron chi connectivity index (χ4n) is 3.91. The van der Waals surface area contributed by atoms with Gasteiger partial charge < -0.3 is 10.2 Å². The van der Waals surface area contributed by atoms with E-state index in [1.165, 1.54) is 25.7 Å². The molecule has 0 aromatic rings. The fourth-order valence-corrected chi connectivity index (χ4v) is 3.91. The molecule has 3 nitrogen and oxygen atoms in total. The lowest BCUT2D eigenvalue weighted by Crippen LogP contribution is -2.53. The van der Waals surface area contributed by atoms with Gasteiger partial charge in [0.05, 0.1) is 0 Å². The van der Waals surface area contributed by atoms with Crippen molar-refractivity contribution in [3.63, 3.8) is 0 Å². The first kappa shape index (κ1) is 10.6. The number of hydrogen-bond donors (Lipinski definition) is 1. The summed E-state index contributed by atoms with van der Waals surface area (Å²) >= 11 is 0. The van der Waals surface area contributed by atoms with Gasteiger partial charge in [0, 0.05) is 31.6 Å². The largest absolute Gasteiger partial charge is 0.340 e. The van der Waals surface area contributed by atoms with Crippen molar-refractivity contribution in [3.05, 3.63) is 0 Å². The molecule has 1 saturated heterocycles. The molecule has 1 aliphatic heterocycles. The SMILES string of the molecule is C[C@H]1CN(C(=O)C2CC3CCC2C3)CCN1. The van der Waals surface area contributed by atoms with Crippen LogP contribution in [0, 0.1) is 17.8 Å². The second-order valence-corrected chi connectivity index (χ2v) is 5.92. The molecule has 3 aliphatic rings. The average molecular weight is 222 g/mol. The molecule has 1 N–H and O–H groups in total. The third-order valence-electron chi connectivity index (χ3n) is 4.74. The minimum absolute atomic E-state index is 0.379. The van der Waals surface area contributed by atoms with Gasteiger partial charge in [0.15, 0.2) is 0 Å². The lowest BCUT2D eigenvalue weighted by Gasteiger charge is -2.35. The van der Waals surface area contributed by atoms with Crippen LogP contribution >= 0.6 is 0 Å². The van der Waals surface area contributed by atoms with Crippen LogP contribution in [0.15, 0.2) is 0 Å². The Hall–Kier alpha value is -0.570. The lowest BCUT2D eigenvalue weighted by molar-refractivity contribution is -0.138. The summed E-state index contributed by atoms with van der Waals surface area (Å²) in [4.78, 5) is 14.5. The third kappa shape index (κ3) is 1.75. The van der Waals surface area contributed by atoms with Gasteiger partial charge in [-0.2, -0.15) is 0 Å². The van der Waals surface area contributed by atoms with Crippen LogP contribution in [-0.4, -0.2) is 36.5 Å². The molecule has 2 saturated carbocycles. The Morgan fingerprint density at radius 2 is 2.19 bits per heavy atom. The molecule has 0 aromatic carbocycles. The number of nitrogens with zero attached hydrogens (tertiary/aromatic N) is 1. The molecule has 4 atom stereocenters. The topological polar surface area (TPSA) is 32.3 Å². The number of fused-ring (bicyclic) bond motifs is 2. The van der Waals surface area contributed by atoms with E-state index in [-0.39, 0.29) is 0 Å². The molecule has 2 bridgehead atoms. The maximum Gasteiger partial charge on any atom is 0.226 e. The molecule has 3 unspecified atom stereocenters. The van der Waals surface area contributed by atoms with Crippen LogP contribution < -0.4 is 5.32 Å². The molecule has 90 valence electrons. The normalized spacial score (nSPS) is 42.7. The van der Waals surface area contributed by atoms with E-state index >= 15 is 0 Å². The van der Waals surface area contributed by atoms with Crippen molar-refractivity contribution >= 4 is 5.91 Å². The van der Waals surface area contributed by atoms with E-state index in [2.05, 4.69) is 17.1 Å². The quantitative estimate of drug-likeness (QED) is 0.724. The Kier molecular flexibility index (Phi) is 2.66. The first-order valence-electron chi connectivity index (χ1n) is 6.76. The second-order valence-electron chi connectivity index (χ2n) is 5.92. The van der Waals surface area contributed by atoms with E-state index in [9.17, 15) is 4.79 Å². The summed E-state index contributed by atoms with van der Waals surface area (Å²) in [5, 5.41) is 3.40. The van der Waals surface area contributed by atoms with E-state index in [0.717, 1.165) is 31.5 Å². The maximum absolute atomic E-state index is 12.4. The molecule has 0 radical (unpaired) electrons. The van der Waals surface area contributed by atoms with Crippen LogP contribution in [0.3, 0.4) is 0 Å². The Morgan fingerprint density at radius 1 is 1.31 bits per heavy atom. The van der Waals surface area contributed by atoms with Crippen molar-refractivity contribution < 1.29 is 4.79 Å². The van der Waals surface area contributed by atoms with Gasteiger partial charge in [-0.05, 0) is 38.0 Å². The van der Waals surface area contributed by atoms with Gasteiger partial charge in [-0.1, -0.05) is 6.42 Å². The van der Waals surface area contributed by atoms with Gasteiger partial charge in [-0.25, -0.2) is 0 Å².